The normalized spacial score (nSPS) is 19.8. The number of aromatic nitrogens is 3. The first kappa shape index (κ1) is 12.1. The van der Waals surface area contributed by atoms with Gasteiger partial charge in [0.15, 0.2) is 17.5 Å². The van der Waals surface area contributed by atoms with Crippen LogP contribution in [0.1, 0.15) is 42.5 Å². The van der Waals surface area contributed by atoms with Gasteiger partial charge in [0.1, 0.15) is 0 Å². The molecule has 3 nitrogen and oxygen atoms in total. The van der Waals surface area contributed by atoms with E-state index in [1.807, 2.05) is 0 Å². The first-order chi connectivity index (χ1) is 38.7. The molecule has 10 aromatic rings. The highest BCUT2D eigenvalue weighted by Crippen LogP contribution is 2.36. The number of benzene rings is 9. The van der Waals surface area contributed by atoms with Crippen LogP contribution in [0.3, 0.4) is 0 Å². The molecule has 0 saturated carbocycles. The molecule has 0 amide bonds. The molecule has 1 heterocycles. The first-order valence-electron chi connectivity index (χ1n) is 30.6. The Balaban J connectivity index is 1.38. The van der Waals surface area contributed by atoms with Gasteiger partial charge in [-0.1, -0.05) is 169 Å². The summed E-state index contributed by atoms with van der Waals surface area (Å²) in [6.45, 7) is 0. The minimum Gasteiger partial charge on any atom is -0.208 e. The van der Waals surface area contributed by atoms with Gasteiger partial charge >= 0.3 is 0 Å². The van der Waals surface area contributed by atoms with Crippen LogP contribution in [0.25, 0.3) is 99.5 Å². The topological polar surface area (TPSA) is 38.7 Å². The average Bonchev–Trinajstić information content (AvgIpc) is 1.45. The van der Waals surface area contributed by atoms with Crippen LogP contribution in [0.4, 0.5) is 0 Å². The van der Waals surface area contributed by atoms with Gasteiger partial charge in [-0.25, -0.2) is 15.0 Å². The lowest BCUT2D eigenvalue weighted by Gasteiger charge is -2.13. The van der Waals surface area contributed by atoms with Gasteiger partial charge in [0.25, 0.3) is 0 Å². The zero-order valence-electron chi connectivity index (χ0n) is 56.8. The summed E-state index contributed by atoms with van der Waals surface area (Å²) in [5.41, 5.74) is -5.79. The predicted molar refractivity (Wildman–Crippen MR) is 217 cm³/mol. The van der Waals surface area contributed by atoms with E-state index in [2.05, 4.69) is 15.0 Å². The van der Waals surface area contributed by atoms with E-state index in [9.17, 15) is 12.3 Å². The lowest BCUT2D eigenvalue weighted by molar-refractivity contribution is 1.08. The molecule has 9 aromatic carbocycles. The Hall–Kier alpha value is -6.97. The molecule has 0 aliphatic rings. The van der Waals surface area contributed by atoms with E-state index in [1.54, 1.807) is 0 Å². The minimum absolute atomic E-state index is 0.560. The quantitative estimate of drug-likeness (QED) is 0.169. The summed E-state index contributed by atoms with van der Waals surface area (Å²) < 4.78 is 276. The maximum absolute atomic E-state index is 9.75. The fourth-order valence-electron chi connectivity index (χ4n) is 5.38. The Labute approximate surface area is 345 Å². The van der Waals surface area contributed by atoms with Crippen molar-refractivity contribution in [3.8, 4) is 56.4 Å². The Morgan fingerprint density at radius 2 is 0.750 bits per heavy atom. The van der Waals surface area contributed by atoms with Gasteiger partial charge in [0, 0.05) is 16.7 Å². The Morgan fingerprint density at radius 1 is 0.269 bits per heavy atom. The molecule has 0 atom stereocenters. The molecular formula is C49H31N3. The zero-order chi connectivity index (χ0) is 61.4. The lowest BCUT2D eigenvalue weighted by atomic mass is 9.97. The molecule has 3 heteroatoms. The summed E-state index contributed by atoms with van der Waals surface area (Å²) >= 11 is 0. The van der Waals surface area contributed by atoms with E-state index in [4.69, 9.17) is 30.2 Å². The standard InChI is InChI=1S/C49H31N3/c1-2-11-32(12-3-1)36-23-24-39-30-37(25-26-38(39)29-36)35-16-8-17-40(31-35)47-50-48(45-21-9-15-33-13-4-7-19-42(33)45)52-49(51-47)46-22-10-20-43-41-18-6-5-14-34(41)27-28-44(43)46/h1-31H/i1D,2D,3D,4D,5D,6D,7D,8D,9D,10D,11D,12D,13D,14D,15D,16D,17D,18D,19D,20D,21D,22D,23D,24D,25D,26D,27D,28D,29D,30D,31D. The van der Waals surface area contributed by atoms with E-state index in [0.717, 1.165) is 0 Å². The fraction of sp³-hybridized carbons (Fsp3) is 0. The zero-order valence-corrected chi connectivity index (χ0v) is 25.8. The third-order valence-corrected chi connectivity index (χ3v) is 7.74. The monoisotopic (exact) mass is 692 g/mol. The van der Waals surface area contributed by atoms with Crippen molar-refractivity contribution in [2.45, 2.75) is 0 Å². The van der Waals surface area contributed by atoms with Crippen LogP contribution in [-0.4, -0.2) is 15.0 Å². The smallest absolute Gasteiger partial charge is 0.164 e. The van der Waals surface area contributed by atoms with Crippen molar-refractivity contribution in [1.82, 2.24) is 15.0 Å². The SMILES string of the molecule is [2H]c1c([2H])c([2H])c(-c2c([2H])c([2H])c3c([2H])c(-c4c([2H])c([2H])c([2H])c(-c5nc(-c6c([2H])c([2H])c([2H])c7c([2H])c([2H])c([2H])c([2H])c67)nc(-c6c([2H])c([2H])c([2H])c7c6c([2H])c([2H])c6c([2H])c([2H])c([2H])c([2H])c67)n5)c4[2H])c([2H])c([2H])c3c2[2H])c([2H])c1[2H]. The number of rotatable bonds is 5. The molecule has 52 heavy (non-hydrogen) atoms. The van der Waals surface area contributed by atoms with Crippen molar-refractivity contribution < 1.29 is 42.5 Å². The molecule has 0 radical (unpaired) electrons. The molecule has 1 aromatic heterocycles. The second-order valence-electron chi connectivity index (χ2n) is 10.8. The van der Waals surface area contributed by atoms with E-state index in [1.165, 1.54) is 0 Å². The summed E-state index contributed by atoms with van der Waals surface area (Å²) in [6, 6.07) is -29.3. The van der Waals surface area contributed by atoms with Crippen molar-refractivity contribution in [1.29, 1.82) is 0 Å². The van der Waals surface area contributed by atoms with E-state index >= 15 is 0 Å². The molecule has 0 aliphatic carbocycles. The molecule has 10 rings (SSSR count). The molecular weight excluding hydrogens is 631 g/mol. The van der Waals surface area contributed by atoms with Crippen LogP contribution >= 0.6 is 0 Å². The van der Waals surface area contributed by atoms with E-state index < -0.39 is 287 Å². The third kappa shape index (κ3) is 5.28. The highest BCUT2D eigenvalue weighted by molar-refractivity contribution is 6.11. The van der Waals surface area contributed by atoms with Gasteiger partial charge in [-0.15, -0.1) is 0 Å². The fourth-order valence-corrected chi connectivity index (χ4v) is 5.38. The number of fused-ring (bicyclic) bond motifs is 5. The molecule has 0 saturated heterocycles. The Kier molecular flexibility index (Phi) is 2.88. The molecule has 0 bridgehead atoms. The van der Waals surface area contributed by atoms with Gasteiger partial charge in [-0.05, 0) is 83.5 Å². The van der Waals surface area contributed by atoms with Crippen molar-refractivity contribution in [3.05, 3.63) is 187 Å². The number of hydrogen-bond acceptors (Lipinski definition) is 3. The summed E-state index contributed by atoms with van der Waals surface area (Å²) in [5, 5.41) is -5.19. The van der Waals surface area contributed by atoms with E-state index in [-0.39, 0.29) is 0 Å². The van der Waals surface area contributed by atoms with Crippen molar-refractivity contribution in [2.75, 3.05) is 0 Å². The third-order valence-electron chi connectivity index (χ3n) is 7.74. The largest absolute Gasteiger partial charge is 0.208 e. The highest BCUT2D eigenvalue weighted by atomic mass is 15.0. The minimum atomic E-state index is -1.13. The predicted octanol–water partition coefficient (Wildman–Crippen LogP) is 12.8. The van der Waals surface area contributed by atoms with E-state index in [0.29, 0.717) is 0 Å². The summed E-state index contributed by atoms with van der Waals surface area (Å²) in [7, 11) is 0. The van der Waals surface area contributed by atoms with Gasteiger partial charge in [0.2, 0.25) is 0 Å². The first-order valence-corrected chi connectivity index (χ1v) is 15.1. The molecule has 0 spiro atoms. The molecule has 0 fully saturated rings. The molecule has 0 N–H and O–H groups in total. The summed E-state index contributed by atoms with van der Waals surface area (Å²) in [4.78, 5) is 13.3. The Bertz CT molecular complexity index is 4720. The summed E-state index contributed by atoms with van der Waals surface area (Å²) in [6.07, 6.45) is 0. The van der Waals surface area contributed by atoms with Gasteiger partial charge < -0.3 is 0 Å². The molecule has 0 unspecified atom stereocenters. The number of nitrogens with zero attached hydrogens (tertiary/aromatic N) is 3. The average molecular weight is 693 g/mol. The molecule has 242 valence electrons. The van der Waals surface area contributed by atoms with Crippen LogP contribution < -0.4 is 0 Å². The molecule has 0 aliphatic heterocycles. The van der Waals surface area contributed by atoms with Crippen molar-refractivity contribution in [2.24, 2.45) is 0 Å². The van der Waals surface area contributed by atoms with Crippen molar-refractivity contribution in [3.63, 3.8) is 0 Å². The van der Waals surface area contributed by atoms with Gasteiger partial charge in [-0.2, -0.15) is 0 Å². The number of hydrogen-bond donors (Lipinski definition) is 0. The van der Waals surface area contributed by atoms with Gasteiger partial charge in [-0.3, -0.25) is 0 Å². The second kappa shape index (κ2) is 12.4. The van der Waals surface area contributed by atoms with Crippen LogP contribution in [0.15, 0.2) is 187 Å². The van der Waals surface area contributed by atoms with Crippen LogP contribution in [-0.2, 0) is 0 Å². The Morgan fingerprint density at radius 3 is 1.52 bits per heavy atom. The lowest BCUT2D eigenvalue weighted by Crippen LogP contribution is -2.01. The maximum Gasteiger partial charge on any atom is 0.164 e. The summed E-state index contributed by atoms with van der Waals surface area (Å²) in [5.74, 6) is -2.88. The van der Waals surface area contributed by atoms with Crippen molar-refractivity contribution >= 4 is 43.1 Å². The van der Waals surface area contributed by atoms with Gasteiger partial charge in [0.05, 0.1) is 42.5 Å². The van der Waals surface area contributed by atoms with Crippen LogP contribution in [0.2, 0.25) is 0 Å². The highest BCUT2D eigenvalue weighted by Gasteiger charge is 2.17. The maximum atomic E-state index is 9.75. The second-order valence-corrected chi connectivity index (χ2v) is 10.8. The van der Waals surface area contributed by atoms with Crippen LogP contribution in [0, 0.1) is 0 Å². The van der Waals surface area contributed by atoms with Crippen LogP contribution in [0.5, 0.6) is 0 Å².